The SMILES string of the molecule is C=CCN1CC(=O)N2C(CN(Cc3cccc(F)n3)C(=O)[C@@H]2Cc2c(F)cc(O)cc2F)N1C(=O)CCc1ccccc1. The number of aromatic hydroxyl groups is 1. The fourth-order valence-electron chi connectivity index (χ4n) is 5.63. The van der Waals surface area contributed by atoms with Crippen LogP contribution >= 0.6 is 0 Å². The standard InChI is InChI=1S/C31H30F3N5O4/c1-2-13-37-19-30(42)38-26(16-23-24(32)14-22(40)15-25(23)33)31(43)36(17-21-9-6-10-27(34)35-21)18-28(38)39(37)29(41)12-11-20-7-4-3-5-8-20/h2-10,14-15,26,28,40H,1,11-13,16-19H2/t26-,28?/m0/s1. The normalized spacial score (nSPS) is 19.0. The Morgan fingerprint density at radius 3 is 2.44 bits per heavy atom. The van der Waals surface area contributed by atoms with Crippen molar-refractivity contribution in [1.82, 2.24) is 24.8 Å². The van der Waals surface area contributed by atoms with Crippen LogP contribution in [0, 0.1) is 17.6 Å². The highest BCUT2D eigenvalue weighted by atomic mass is 19.1. The van der Waals surface area contributed by atoms with Crippen LogP contribution in [0.15, 0.2) is 73.3 Å². The molecular formula is C31H30F3N5O4. The van der Waals surface area contributed by atoms with E-state index < -0.39 is 59.3 Å². The predicted octanol–water partition coefficient (Wildman–Crippen LogP) is 3.19. The maximum Gasteiger partial charge on any atom is 0.246 e. The molecule has 2 aliphatic heterocycles. The number of phenols is 1. The molecular weight excluding hydrogens is 563 g/mol. The second-order valence-corrected chi connectivity index (χ2v) is 10.4. The number of halogens is 3. The van der Waals surface area contributed by atoms with Gasteiger partial charge in [-0.25, -0.2) is 23.8 Å². The van der Waals surface area contributed by atoms with Crippen LogP contribution in [0.4, 0.5) is 13.2 Å². The first-order valence-corrected chi connectivity index (χ1v) is 13.8. The number of hydrazine groups is 1. The Bertz CT molecular complexity index is 1520. The van der Waals surface area contributed by atoms with Crippen molar-refractivity contribution < 1.29 is 32.7 Å². The van der Waals surface area contributed by atoms with E-state index in [9.17, 15) is 32.7 Å². The van der Waals surface area contributed by atoms with Crippen LogP contribution in [0.5, 0.6) is 5.75 Å². The molecule has 2 aromatic carbocycles. The zero-order valence-corrected chi connectivity index (χ0v) is 23.2. The molecule has 43 heavy (non-hydrogen) atoms. The third kappa shape index (κ3) is 6.38. The highest BCUT2D eigenvalue weighted by Gasteiger charge is 2.51. The maximum atomic E-state index is 14.9. The van der Waals surface area contributed by atoms with Gasteiger partial charge in [0.25, 0.3) is 0 Å². The van der Waals surface area contributed by atoms with Gasteiger partial charge in [0, 0.05) is 37.1 Å². The predicted molar refractivity (Wildman–Crippen MR) is 149 cm³/mol. The second-order valence-electron chi connectivity index (χ2n) is 10.4. The molecule has 0 radical (unpaired) electrons. The van der Waals surface area contributed by atoms with Gasteiger partial charge in [0.1, 0.15) is 29.6 Å². The van der Waals surface area contributed by atoms with Crippen LogP contribution in [0.2, 0.25) is 0 Å². The molecule has 1 unspecified atom stereocenters. The molecule has 1 aromatic heterocycles. The lowest BCUT2D eigenvalue weighted by Gasteiger charge is -2.55. The second kappa shape index (κ2) is 12.7. The van der Waals surface area contributed by atoms with Gasteiger partial charge in [-0.2, -0.15) is 4.39 Å². The summed E-state index contributed by atoms with van der Waals surface area (Å²) in [6.07, 6.45) is 0.467. The number of aromatic nitrogens is 1. The molecule has 0 spiro atoms. The number of benzene rings is 2. The number of carbonyl (C=O) groups is 3. The van der Waals surface area contributed by atoms with E-state index in [0.29, 0.717) is 6.42 Å². The van der Waals surface area contributed by atoms with Crippen LogP contribution < -0.4 is 0 Å². The molecule has 2 aliphatic rings. The number of pyridine rings is 1. The molecule has 0 aliphatic carbocycles. The number of aryl methyl sites for hydroxylation is 1. The first-order chi connectivity index (χ1) is 20.7. The van der Waals surface area contributed by atoms with Crippen molar-refractivity contribution in [3.63, 3.8) is 0 Å². The third-order valence-electron chi connectivity index (χ3n) is 7.54. The summed E-state index contributed by atoms with van der Waals surface area (Å²) in [5.74, 6) is -5.03. The molecule has 2 fully saturated rings. The van der Waals surface area contributed by atoms with Crippen LogP contribution in [-0.2, 0) is 33.8 Å². The number of phenolic OH excluding ortho intramolecular Hbond substituents is 1. The Kier molecular flexibility index (Phi) is 8.76. The summed E-state index contributed by atoms with van der Waals surface area (Å²) >= 11 is 0. The first kappa shape index (κ1) is 29.8. The Balaban J connectivity index is 1.53. The maximum absolute atomic E-state index is 14.9. The van der Waals surface area contributed by atoms with Crippen molar-refractivity contribution in [1.29, 1.82) is 0 Å². The monoisotopic (exact) mass is 593 g/mol. The molecule has 224 valence electrons. The Morgan fingerprint density at radius 1 is 1.05 bits per heavy atom. The molecule has 9 nitrogen and oxygen atoms in total. The van der Waals surface area contributed by atoms with E-state index in [1.807, 2.05) is 30.3 Å². The van der Waals surface area contributed by atoms with Gasteiger partial charge in [0.05, 0.1) is 25.3 Å². The molecule has 3 heterocycles. The van der Waals surface area contributed by atoms with E-state index in [1.54, 1.807) is 6.08 Å². The lowest BCUT2D eigenvalue weighted by Crippen LogP contribution is -2.76. The number of fused-ring (bicyclic) bond motifs is 1. The van der Waals surface area contributed by atoms with Gasteiger partial charge in [-0.15, -0.1) is 6.58 Å². The van der Waals surface area contributed by atoms with Crippen molar-refractivity contribution in [2.24, 2.45) is 0 Å². The summed E-state index contributed by atoms with van der Waals surface area (Å²) in [4.78, 5) is 47.7. The fourth-order valence-corrected chi connectivity index (χ4v) is 5.63. The zero-order chi connectivity index (χ0) is 30.7. The number of rotatable bonds is 9. The quantitative estimate of drug-likeness (QED) is 0.303. The van der Waals surface area contributed by atoms with Crippen molar-refractivity contribution in [2.75, 3.05) is 19.6 Å². The zero-order valence-electron chi connectivity index (χ0n) is 23.2. The van der Waals surface area contributed by atoms with Gasteiger partial charge in [-0.05, 0) is 24.1 Å². The van der Waals surface area contributed by atoms with Crippen LogP contribution in [0.25, 0.3) is 0 Å². The topological polar surface area (TPSA) is 97.3 Å². The third-order valence-corrected chi connectivity index (χ3v) is 7.54. The van der Waals surface area contributed by atoms with Crippen molar-refractivity contribution in [2.45, 2.75) is 38.0 Å². The molecule has 0 bridgehead atoms. The van der Waals surface area contributed by atoms with Gasteiger partial charge in [-0.1, -0.05) is 42.5 Å². The summed E-state index contributed by atoms with van der Waals surface area (Å²) in [6, 6.07) is 13.5. The number of hydrogen-bond acceptors (Lipinski definition) is 6. The summed E-state index contributed by atoms with van der Waals surface area (Å²) in [6.45, 7) is 3.31. The smallest absolute Gasteiger partial charge is 0.246 e. The van der Waals surface area contributed by atoms with Gasteiger partial charge >= 0.3 is 0 Å². The summed E-state index contributed by atoms with van der Waals surface area (Å²) in [7, 11) is 0. The summed E-state index contributed by atoms with van der Waals surface area (Å²) in [5, 5.41) is 12.6. The largest absolute Gasteiger partial charge is 0.508 e. The molecule has 2 atom stereocenters. The van der Waals surface area contributed by atoms with E-state index in [4.69, 9.17) is 0 Å². The van der Waals surface area contributed by atoms with Crippen LogP contribution in [-0.4, -0.2) is 79.5 Å². The van der Waals surface area contributed by atoms with Gasteiger partial charge < -0.3 is 14.9 Å². The van der Waals surface area contributed by atoms with E-state index >= 15 is 0 Å². The lowest BCUT2D eigenvalue weighted by molar-refractivity contribution is -0.205. The Labute approximate surface area is 246 Å². The average molecular weight is 594 g/mol. The number of hydrogen-bond donors (Lipinski definition) is 1. The minimum atomic E-state index is -1.40. The Morgan fingerprint density at radius 2 is 1.77 bits per heavy atom. The molecule has 5 rings (SSSR count). The van der Waals surface area contributed by atoms with Gasteiger partial charge in [0.2, 0.25) is 23.7 Å². The highest BCUT2D eigenvalue weighted by molar-refractivity contribution is 5.92. The number of piperazine rings is 1. The van der Waals surface area contributed by atoms with E-state index in [2.05, 4.69) is 11.6 Å². The number of nitrogens with zero attached hydrogens (tertiary/aromatic N) is 5. The average Bonchev–Trinajstić information content (AvgIpc) is 2.96. The Hall–Kier alpha value is -4.71. The summed E-state index contributed by atoms with van der Waals surface area (Å²) in [5.41, 5.74) is 0.656. The van der Waals surface area contributed by atoms with E-state index in [0.717, 1.165) is 23.8 Å². The molecule has 2 saturated heterocycles. The van der Waals surface area contributed by atoms with Gasteiger partial charge in [0.15, 0.2) is 0 Å². The van der Waals surface area contributed by atoms with Crippen LogP contribution in [0.1, 0.15) is 23.2 Å². The van der Waals surface area contributed by atoms with Crippen molar-refractivity contribution in [3.05, 3.63) is 108 Å². The minimum Gasteiger partial charge on any atom is -0.508 e. The fraction of sp³-hybridized carbons (Fsp3) is 0.290. The summed E-state index contributed by atoms with van der Waals surface area (Å²) < 4.78 is 43.6. The lowest BCUT2D eigenvalue weighted by atomic mass is 9.97. The van der Waals surface area contributed by atoms with Crippen molar-refractivity contribution >= 4 is 17.7 Å². The molecule has 3 amide bonds. The first-order valence-electron chi connectivity index (χ1n) is 13.8. The number of amides is 3. The van der Waals surface area contributed by atoms with Gasteiger partial charge in [-0.3, -0.25) is 14.4 Å². The minimum absolute atomic E-state index is 0.0848. The highest BCUT2D eigenvalue weighted by Crippen LogP contribution is 2.31. The number of carbonyl (C=O) groups excluding carboxylic acids is 3. The molecule has 12 heteroatoms. The molecule has 0 saturated carbocycles. The molecule has 3 aromatic rings. The van der Waals surface area contributed by atoms with Crippen LogP contribution in [0.3, 0.4) is 0 Å². The van der Waals surface area contributed by atoms with E-state index in [1.165, 1.54) is 32.0 Å². The van der Waals surface area contributed by atoms with Crippen molar-refractivity contribution in [3.8, 4) is 5.75 Å². The van der Waals surface area contributed by atoms with E-state index in [-0.39, 0.29) is 44.2 Å². The molecule has 1 N–H and O–H groups in total.